The lowest BCUT2D eigenvalue weighted by Gasteiger charge is -2.37. The molecule has 0 aromatic heterocycles. The number of amides is 3. The number of hydrogen-bond acceptors (Lipinski definition) is 7. The van der Waals surface area contributed by atoms with Crippen LogP contribution in [0.3, 0.4) is 0 Å². The number of carbonyl (C=O) groups is 3. The lowest BCUT2D eigenvalue weighted by molar-refractivity contribution is -0.130. The molecule has 3 amide bonds. The number of aryl methyl sites for hydroxylation is 2. The summed E-state index contributed by atoms with van der Waals surface area (Å²) in [6.45, 7) is 6.83. The first-order valence-corrected chi connectivity index (χ1v) is 17.4. The van der Waals surface area contributed by atoms with Gasteiger partial charge in [-0.25, -0.2) is 0 Å². The fourth-order valence-electron chi connectivity index (χ4n) is 6.61. The molecule has 0 saturated carbocycles. The number of azo groups is 1. The van der Waals surface area contributed by atoms with Gasteiger partial charge in [0.1, 0.15) is 17.5 Å². The topological polar surface area (TPSA) is 122 Å². The maximum Gasteiger partial charge on any atom is 0.268 e. The van der Waals surface area contributed by atoms with Crippen LogP contribution in [0.1, 0.15) is 61.3 Å². The highest BCUT2D eigenvalue weighted by molar-refractivity contribution is 5.90. The third-order valence-electron chi connectivity index (χ3n) is 9.60. The minimum atomic E-state index is -0.946. The van der Waals surface area contributed by atoms with Crippen molar-refractivity contribution < 1.29 is 23.9 Å². The fraction of sp³-hybridized carbons (Fsp3) is 0.462. The van der Waals surface area contributed by atoms with Crippen LogP contribution in [-0.2, 0) is 33.8 Å². The van der Waals surface area contributed by atoms with Crippen LogP contribution >= 0.6 is 0 Å². The molecule has 3 aromatic rings. The molecule has 2 aliphatic heterocycles. The molecule has 4 bridgehead atoms. The minimum Gasteiger partial charge on any atom is -0.497 e. The van der Waals surface area contributed by atoms with Gasteiger partial charge in [-0.2, -0.15) is 5.11 Å². The molecule has 2 heterocycles. The van der Waals surface area contributed by atoms with Crippen LogP contribution in [0.4, 0.5) is 0 Å². The molecule has 3 unspecified atom stereocenters. The lowest BCUT2D eigenvalue weighted by atomic mass is 9.93. The first-order chi connectivity index (χ1) is 23.8. The van der Waals surface area contributed by atoms with Gasteiger partial charge in [0.15, 0.2) is 6.04 Å². The van der Waals surface area contributed by atoms with Crippen molar-refractivity contribution >= 4 is 17.7 Å². The Morgan fingerprint density at radius 3 is 2.63 bits per heavy atom. The molecule has 10 heteroatoms. The van der Waals surface area contributed by atoms with E-state index in [9.17, 15) is 14.4 Å². The van der Waals surface area contributed by atoms with Gasteiger partial charge < -0.3 is 25.0 Å². The maximum atomic E-state index is 14.0. The Kier molecular flexibility index (Phi) is 12.9. The van der Waals surface area contributed by atoms with E-state index in [1.165, 1.54) is 0 Å². The number of carbonyl (C=O) groups excluding carboxylic acids is 3. The van der Waals surface area contributed by atoms with E-state index >= 15 is 0 Å². The van der Waals surface area contributed by atoms with Crippen molar-refractivity contribution in [3.05, 3.63) is 95.1 Å². The van der Waals surface area contributed by atoms with Crippen LogP contribution < -0.4 is 20.1 Å². The predicted octanol–water partition coefficient (Wildman–Crippen LogP) is 5.60. The second kappa shape index (κ2) is 17.7. The van der Waals surface area contributed by atoms with Crippen LogP contribution in [0.15, 0.2) is 83.0 Å². The van der Waals surface area contributed by atoms with Gasteiger partial charge in [-0.3, -0.25) is 14.4 Å². The normalized spacial score (nSPS) is 23.8. The molecule has 0 radical (unpaired) electrons. The van der Waals surface area contributed by atoms with Crippen LogP contribution in [0, 0.1) is 12.8 Å². The molecule has 3 aromatic carbocycles. The summed E-state index contributed by atoms with van der Waals surface area (Å²) in [4.78, 5) is 43.1. The largest absolute Gasteiger partial charge is 0.497 e. The summed E-state index contributed by atoms with van der Waals surface area (Å²) in [7, 11) is 1.57. The Morgan fingerprint density at radius 1 is 1.00 bits per heavy atom. The molecule has 0 spiro atoms. The molecule has 49 heavy (non-hydrogen) atoms. The van der Waals surface area contributed by atoms with E-state index in [1.807, 2.05) is 73.7 Å². The molecule has 0 aliphatic carbocycles. The second-order valence-corrected chi connectivity index (χ2v) is 13.3. The first-order valence-electron chi connectivity index (χ1n) is 17.4. The maximum absolute atomic E-state index is 14.0. The number of hydrogen-bond donors (Lipinski definition) is 2. The smallest absolute Gasteiger partial charge is 0.268 e. The van der Waals surface area contributed by atoms with Crippen molar-refractivity contribution in [3.63, 3.8) is 0 Å². The van der Waals surface area contributed by atoms with Gasteiger partial charge in [0.25, 0.3) is 5.91 Å². The summed E-state index contributed by atoms with van der Waals surface area (Å²) in [5.41, 5.74) is 3.81. The van der Waals surface area contributed by atoms with Crippen molar-refractivity contribution in [3.8, 4) is 11.5 Å². The van der Waals surface area contributed by atoms with E-state index in [2.05, 4.69) is 32.7 Å². The van der Waals surface area contributed by atoms with E-state index in [-0.39, 0.29) is 18.4 Å². The highest BCUT2D eigenvalue weighted by Crippen LogP contribution is 2.25. The molecule has 5 rings (SSSR count). The number of rotatable bonds is 7. The van der Waals surface area contributed by atoms with Crippen LogP contribution in [0.25, 0.3) is 0 Å². The predicted molar refractivity (Wildman–Crippen MR) is 189 cm³/mol. The summed E-state index contributed by atoms with van der Waals surface area (Å²) < 4.78 is 11.5. The van der Waals surface area contributed by atoms with E-state index in [0.717, 1.165) is 60.4 Å². The summed E-state index contributed by atoms with van der Waals surface area (Å²) in [5, 5.41) is 14.4. The van der Waals surface area contributed by atoms with Crippen molar-refractivity contribution in [2.45, 2.75) is 83.5 Å². The summed E-state index contributed by atoms with van der Waals surface area (Å²) >= 11 is 0. The van der Waals surface area contributed by atoms with E-state index in [0.29, 0.717) is 44.1 Å². The zero-order chi connectivity index (χ0) is 34.6. The summed E-state index contributed by atoms with van der Waals surface area (Å²) in [6.07, 6.45) is 4.50. The van der Waals surface area contributed by atoms with Gasteiger partial charge in [0.05, 0.1) is 20.1 Å². The number of benzene rings is 3. The molecule has 1 saturated heterocycles. The molecule has 1 fully saturated rings. The molecule has 10 nitrogen and oxygen atoms in total. The molecule has 2 aliphatic rings. The highest BCUT2D eigenvalue weighted by Gasteiger charge is 2.31. The Bertz CT molecular complexity index is 1600. The molecular formula is C39H49N5O5. The van der Waals surface area contributed by atoms with Crippen molar-refractivity contribution in [2.75, 3.05) is 26.8 Å². The van der Waals surface area contributed by atoms with E-state index in [4.69, 9.17) is 9.47 Å². The Labute approximate surface area is 289 Å². The third-order valence-corrected chi connectivity index (χ3v) is 9.60. The third kappa shape index (κ3) is 10.7. The standard InChI is InChI=1S/C39H49N5O5/c1-27-14-16-34-24-32(27)25-40-38(46)35(17-15-29-9-5-4-6-10-29)41-39(47)36(21-28(2)44-19-8-12-30(26-44)18-20-49-34)42-43-37(45)23-31-11-7-13-33(22-31)48-3/h4-7,9-11,13-14,16,22,24,28,30,35-36H,8,12,15,17-21,23,25-26H2,1-3H3,(H,40,46)(H,41,47)/t28?,30?,35-,36-/m0/s1. The highest BCUT2D eigenvalue weighted by atomic mass is 16.5. The minimum absolute atomic E-state index is 0.00189. The van der Waals surface area contributed by atoms with Gasteiger partial charge in [-0.15, -0.1) is 5.11 Å². The van der Waals surface area contributed by atoms with Crippen LogP contribution in [0.5, 0.6) is 11.5 Å². The quantitative estimate of drug-likeness (QED) is 0.317. The SMILES string of the molecule is COc1cccc(CC(=O)N=N[C@H]2CC(C)N3CCCC(CCOc4ccc(C)c(c4)CNC(=O)[C@H](CCc4ccccc4)NC2=O)C3)c1. The first kappa shape index (κ1) is 35.7. The van der Waals surface area contributed by atoms with Gasteiger partial charge in [0.2, 0.25) is 11.8 Å². The zero-order valence-electron chi connectivity index (χ0n) is 28.9. The van der Waals surface area contributed by atoms with Crippen molar-refractivity contribution in [2.24, 2.45) is 16.1 Å². The molecular weight excluding hydrogens is 618 g/mol. The number of nitrogens with one attached hydrogen (secondary N) is 2. The Hall–Kier alpha value is -4.57. The van der Waals surface area contributed by atoms with E-state index < -0.39 is 23.9 Å². The van der Waals surface area contributed by atoms with Crippen molar-refractivity contribution in [1.82, 2.24) is 15.5 Å². The number of nitrogens with zero attached hydrogens (tertiary/aromatic N) is 3. The van der Waals surface area contributed by atoms with Crippen molar-refractivity contribution in [1.29, 1.82) is 0 Å². The van der Waals surface area contributed by atoms with Gasteiger partial charge in [-0.1, -0.05) is 48.5 Å². The second-order valence-electron chi connectivity index (χ2n) is 13.3. The van der Waals surface area contributed by atoms with Crippen LogP contribution in [0.2, 0.25) is 0 Å². The summed E-state index contributed by atoms with van der Waals surface area (Å²) in [6, 6.07) is 21.3. The number of methoxy groups -OCH3 is 1. The average molecular weight is 668 g/mol. The Morgan fingerprint density at radius 2 is 1.82 bits per heavy atom. The van der Waals surface area contributed by atoms with Crippen LogP contribution in [-0.4, -0.2) is 67.6 Å². The lowest BCUT2D eigenvalue weighted by Crippen LogP contribution is -2.51. The molecule has 5 atom stereocenters. The number of fused-ring (bicyclic) bond motifs is 4. The molecule has 2 N–H and O–H groups in total. The Balaban J connectivity index is 1.40. The number of ether oxygens (including phenoxy) is 2. The molecule has 260 valence electrons. The van der Waals surface area contributed by atoms with Gasteiger partial charge in [-0.05, 0) is 111 Å². The zero-order valence-corrected chi connectivity index (χ0v) is 28.9. The fourth-order valence-corrected chi connectivity index (χ4v) is 6.61. The van der Waals surface area contributed by atoms with Gasteiger partial charge in [0, 0.05) is 19.1 Å². The summed E-state index contributed by atoms with van der Waals surface area (Å²) in [5.74, 6) is 0.753. The monoisotopic (exact) mass is 667 g/mol. The number of piperidine rings is 1. The average Bonchev–Trinajstić information content (AvgIpc) is 3.11. The van der Waals surface area contributed by atoms with E-state index in [1.54, 1.807) is 13.2 Å². The van der Waals surface area contributed by atoms with Gasteiger partial charge >= 0.3 is 0 Å².